The van der Waals surface area contributed by atoms with Crippen LogP contribution in [0.4, 0.5) is 8.78 Å². The first-order valence-corrected chi connectivity index (χ1v) is 7.02. The van der Waals surface area contributed by atoms with E-state index in [4.69, 9.17) is 10.00 Å². The second-order valence-corrected chi connectivity index (χ2v) is 5.36. The molecule has 1 amide bonds. The highest BCUT2D eigenvalue weighted by molar-refractivity contribution is 6.02. The third kappa shape index (κ3) is 2.87. The average molecular weight is 339 g/mol. The van der Waals surface area contributed by atoms with Crippen LogP contribution in [-0.4, -0.2) is 48.4 Å². The standard InChI is InChI=1S/C15H15F2N3O4/c1-15(12(16)17,14(22)23-2)13(21)20-3-4-24-11-9(5-18)6-19-7-10(11)8-20/h6-7,12H,3-4,8H2,1-2H3. The molecule has 9 heteroatoms. The minimum atomic E-state index is -3.23. The number of nitriles is 1. The van der Waals surface area contributed by atoms with Gasteiger partial charge in [-0.15, -0.1) is 0 Å². The summed E-state index contributed by atoms with van der Waals surface area (Å²) in [6.45, 7) is 0.730. The van der Waals surface area contributed by atoms with Crippen LogP contribution in [0.25, 0.3) is 0 Å². The molecule has 1 aliphatic heterocycles. The van der Waals surface area contributed by atoms with Gasteiger partial charge in [0.1, 0.15) is 24.0 Å². The Morgan fingerprint density at radius 3 is 2.79 bits per heavy atom. The molecule has 0 saturated heterocycles. The highest BCUT2D eigenvalue weighted by atomic mass is 19.3. The van der Waals surface area contributed by atoms with Crippen LogP contribution in [0.15, 0.2) is 12.4 Å². The number of carbonyl (C=O) groups is 2. The number of fused-ring (bicyclic) bond motifs is 1. The molecule has 1 atom stereocenters. The summed E-state index contributed by atoms with van der Waals surface area (Å²) in [5, 5.41) is 9.06. The predicted octanol–water partition coefficient (Wildman–Crippen LogP) is 1.12. The molecule has 7 nitrogen and oxygen atoms in total. The van der Waals surface area contributed by atoms with Gasteiger partial charge < -0.3 is 14.4 Å². The van der Waals surface area contributed by atoms with E-state index in [2.05, 4.69) is 9.72 Å². The second kappa shape index (κ2) is 6.78. The zero-order chi connectivity index (χ0) is 17.9. The summed E-state index contributed by atoms with van der Waals surface area (Å²) in [5.41, 5.74) is -2.02. The molecule has 0 N–H and O–H groups in total. The lowest BCUT2D eigenvalue weighted by Crippen LogP contribution is -2.51. The number of esters is 1. The van der Waals surface area contributed by atoms with Crippen molar-refractivity contribution in [1.29, 1.82) is 5.26 Å². The quantitative estimate of drug-likeness (QED) is 0.605. The predicted molar refractivity (Wildman–Crippen MR) is 76.0 cm³/mol. The molecule has 24 heavy (non-hydrogen) atoms. The van der Waals surface area contributed by atoms with Gasteiger partial charge in [-0.05, 0) is 6.92 Å². The number of halogens is 2. The molecule has 1 aromatic heterocycles. The van der Waals surface area contributed by atoms with Gasteiger partial charge in [0.05, 0.1) is 20.2 Å². The number of aromatic nitrogens is 1. The van der Waals surface area contributed by atoms with Crippen molar-refractivity contribution in [3.63, 3.8) is 0 Å². The van der Waals surface area contributed by atoms with Crippen LogP contribution in [0.5, 0.6) is 5.75 Å². The highest BCUT2D eigenvalue weighted by Gasteiger charge is 2.53. The number of hydrogen-bond acceptors (Lipinski definition) is 6. The molecule has 128 valence electrons. The zero-order valence-corrected chi connectivity index (χ0v) is 13.1. The number of methoxy groups -OCH3 is 1. The lowest BCUT2D eigenvalue weighted by atomic mass is 9.89. The first kappa shape index (κ1) is 17.6. The van der Waals surface area contributed by atoms with Gasteiger partial charge in [-0.1, -0.05) is 0 Å². The van der Waals surface area contributed by atoms with Crippen molar-refractivity contribution in [1.82, 2.24) is 9.88 Å². The van der Waals surface area contributed by atoms with Gasteiger partial charge in [0, 0.05) is 18.0 Å². The van der Waals surface area contributed by atoms with E-state index >= 15 is 0 Å². The summed E-state index contributed by atoms with van der Waals surface area (Å²) < 4.78 is 36.6. The molecule has 2 heterocycles. The normalized spacial score (nSPS) is 16.2. The van der Waals surface area contributed by atoms with Gasteiger partial charge in [-0.2, -0.15) is 5.26 Å². The van der Waals surface area contributed by atoms with Gasteiger partial charge in [-0.25, -0.2) is 8.78 Å². The summed E-state index contributed by atoms with van der Waals surface area (Å²) in [6.07, 6.45) is -0.530. The molecule has 1 aromatic rings. The Labute approximate surface area is 136 Å². The molecule has 0 bridgehead atoms. The van der Waals surface area contributed by atoms with Gasteiger partial charge in [-0.3, -0.25) is 14.6 Å². The van der Waals surface area contributed by atoms with E-state index in [1.54, 1.807) is 0 Å². The van der Waals surface area contributed by atoms with Crippen molar-refractivity contribution in [2.45, 2.75) is 19.9 Å². The smallest absolute Gasteiger partial charge is 0.327 e. The summed E-state index contributed by atoms with van der Waals surface area (Å²) in [5.74, 6) is -2.11. The van der Waals surface area contributed by atoms with E-state index in [9.17, 15) is 18.4 Å². The molecule has 1 aliphatic rings. The first-order chi connectivity index (χ1) is 11.4. The number of nitrogens with zero attached hydrogens (tertiary/aromatic N) is 3. The van der Waals surface area contributed by atoms with Crippen molar-refractivity contribution >= 4 is 11.9 Å². The lowest BCUT2D eigenvalue weighted by Gasteiger charge is -2.30. The van der Waals surface area contributed by atoms with Crippen molar-refractivity contribution < 1.29 is 27.8 Å². The van der Waals surface area contributed by atoms with E-state index in [1.807, 2.05) is 6.07 Å². The van der Waals surface area contributed by atoms with Crippen molar-refractivity contribution in [2.75, 3.05) is 20.3 Å². The van der Waals surface area contributed by atoms with Gasteiger partial charge in [0.15, 0.2) is 0 Å². The van der Waals surface area contributed by atoms with Gasteiger partial charge in [0.25, 0.3) is 6.43 Å². The molecule has 0 aliphatic carbocycles. The fraction of sp³-hybridized carbons (Fsp3) is 0.467. The Balaban J connectivity index is 2.37. The molecule has 0 fully saturated rings. The Hall–Kier alpha value is -2.76. The SMILES string of the molecule is COC(=O)C(C)(C(=O)N1CCOc2c(C#N)cncc2C1)C(F)F. The van der Waals surface area contributed by atoms with Crippen molar-refractivity contribution in [3.05, 3.63) is 23.5 Å². The van der Waals surface area contributed by atoms with Gasteiger partial charge in [0.2, 0.25) is 11.3 Å². The number of carbonyl (C=O) groups excluding carboxylic acids is 2. The maximum Gasteiger partial charge on any atom is 0.327 e. The molecular weight excluding hydrogens is 324 g/mol. The Kier molecular flexibility index (Phi) is 4.97. The fourth-order valence-electron chi connectivity index (χ4n) is 2.38. The summed E-state index contributed by atoms with van der Waals surface area (Å²) in [6, 6.07) is 1.92. The maximum atomic E-state index is 13.4. The minimum Gasteiger partial charge on any atom is -0.490 e. The van der Waals surface area contributed by atoms with Crippen LogP contribution in [0, 0.1) is 16.7 Å². The molecule has 0 aromatic carbocycles. The maximum absolute atomic E-state index is 13.4. The number of rotatable bonds is 3. The van der Waals surface area contributed by atoms with Crippen molar-refractivity contribution in [2.24, 2.45) is 5.41 Å². The van der Waals surface area contributed by atoms with Gasteiger partial charge >= 0.3 is 5.97 Å². The van der Waals surface area contributed by atoms with E-state index in [-0.39, 0.29) is 31.0 Å². The highest BCUT2D eigenvalue weighted by Crippen LogP contribution is 2.33. The van der Waals surface area contributed by atoms with E-state index in [0.717, 1.165) is 18.9 Å². The topological polar surface area (TPSA) is 92.5 Å². The monoisotopic (exact) mass is 339 g/mol. The largest absolute Gasteiger partial charge is 0.490 e. The lowest BCUT2D eigenvalue weighted by molar-refractivity contribution is -0.173. The number of hydrogen-bond donors (Lipinski definition) is 0. The summed E-state index contributed by atoms with van der Waals surface area (Å²) in [4.78, 5) is 29.3. The van der Waals surface area contributed by atoms with E-state index in [0.29, 0.717) is 5.56 Å². The number of ether oxygens (including phenoxy) is 2. The zero-order valence-electron chi connectivity index (χ0n) is 13.1. The Morgan fingerprint density at radius 2 is 2.21 bits per heavy atom. The van der Waals surface area contributed by atoms with E-state index < -0.39 is 23.7 Å². The fourth-order valence-corrected chi connectivity index (χ4v) is 2.38. The third-order valence-electron chi connectivity index (χ3n) is 3.84. The molecule has 0 radical (unpaired) electrons. The molecule has 1 unspecified atom stereocenters. The molecule has 2 rings (SSSR count). The first-order valence-electron chi connectivity index (χ1n) is 7.02. The minimum absolute atomic E-state index is 0.00206. The second-order valence-electron chi connectivity index (χ2n) is 5.36. The van der Waals surface area contributed by atoms with Crippen molar-refractivity contribution in [3.8, 4) is 11.8 Å². The summed E-state index contributed by atoms with van der Waals surface area (Å²) in [7, 11) is 0.945. The Bertz CT molecular complexity index is 704. The van der Waals surface area contributed by atoms with Crippen LogP contribution in [0.1, 0.15) is 18.1 Å². The van der Waals surface area contributed by atoms with Crippen LogP contribution in [0.3, 0.4) is 0 Å². The average Bonchev–Trinajstić information content (AvgIpc) is 2.81. The van der Waals surface area contributed by atoms with E-state index in [1.165, 1.54) is 12.4 Å². The Morgan fingerprint density at radius 1 is 1.50 bits per heavy atom. The molecular formula is C15H15F2N3O4. The molecule has 0 saturated carbocycles. The van der Waals surface area contributed by atoms with Crippen LogP contribution < -0.4 is 4.74 Å². The summed E-state index contributed by atoms with van der Waals surface area (Å²) >= 11 is 0. The number of pyridine rings is 1. The molecule has 0 spiro atoms. The third-order valence-corrected chi connectivity index (χ3v) is 3.84. The number of alkyl halides is 2. The van der Waals surface area contributed by atoms with Crippen LogP contribution in [0.2, 0.25) is 0 Å². The number of amides is 1. The van der Waals surface area contributed by atoms with Crippen LogP contribution in [-0.2, 0) is 20.9 Å². The van der Waals surface area contributed by atoms with Crippen LogP contribution >= 0.6 is 0 Å².